The van der Waals surface area contributed by atoms with Gasteiger partial charge >= 0.3 is 0 Å². The maximum atomic E-state index is 12.9. The minimum absolute atomic E-state index is 0.0832. The van der Waals surface area contributed by atoms with Crippen LogP contribution < -0.4 is 4.90 Å². The van der Waals surface area contributed by atoms with E-state index in [0.717, 1.165) is 19.6 Å². The summed E-state index contributed by atoms with van der Waals surface area (Å²) in [5.41, 5.74) is 1.22. The highest BCUT2D eigenvalue weighted by Crippen LogP contribution is 2.38. The van der Waals surface area contributed by atoms with Crippen molar-refractivity contribution in [3.8, 4) is 0 Å². The Morgan fingerprint density at radius 1 is 1.17 bits per heavy atom. The number of quaternary nitrogens is 1. The second kappa shape index (κ2) is 9.20. The molecule has 7 heteroatoms. The van der Waals surface area contributed by atoms with Crippen LogP contribution in [0.2, 0.25) is 5.02 Å². The molecule has 1 aromatic heterocycles. The number of pyridine rings is 1. The molecule has 152 valence electrons. The molecule has 1 atom stereocenters. The Morgan fingerprint density at radius 2 is 1.86 bits per heavy atom. The second-order valence-electron chi connectivity index (χ2n) is 6.99. The van der Waals surface area contributed by atoms with Gasteiger partial charge in [-0.15, -0.1) is 0 Å². The molecule has 1 aliphatic heterocycles. The Hall–Kier alpha value is -2.70. The van der Waals surface area contributed by atoms with Gasteiger partial charge in [-0.25, -0.2) is 0 Å². The van der Waals surface area contributed by atoms with Crippen molar-refractivity contribution in [2.24, 2.45) is 0 Å². The van der Waals surface area contributed by atoms with Crippen molar-refractivity contribution in [1.82, 2.24) is 9.88 Å². The fraction of sp³-hybridized carbons (Fsp3) is 0.318. The lowest BCUT2D eigenvalue weighted by atomic mass is 9.96. The largest absolute Gasteiger partial charge is 0.507 e. The monoisotopic (exact) mass is 414 g/mol. The molecule has 1 fully saturated rings. The van der Waals surface area contributed by atoms with Gasteiger partial charge in [0.1, 0.15) is 5.76 Å². The number of ketones is 1. The van der Waals surface area contributed by atoms with E-state index in [1.807, 2.05) is 6.07 Å². The van der Waals surface area contributed by atoms with Crippen LogP contribution >= 0.6 is 11.6 Å². The fourth-order valence-corrected chi connectivity index (χ4v) is 3.77. The van der Waals surface area contributed by atoms with Crippen LogP contribution in [0.1, 0.15) is 31.0 Å². The number of aliphatic hydroxyl groups excluding tert-OH is 1. The molecular weight excluding hydrogens is 390 g/mol. The fourth-order valence-electron chi connectivity index (χ4n) is 3.64. The van der Waals surface area contributed by atoms with E-state index >= 15 is 0 Å². The van der Waals surface area contributed by atoms with Crippen LogP contribution in [0.5, 0.6) is 0 Å². The predicted molar refractivity (Wildman–Crippen MR) is 112 cm³/mol. The van der Waals surface area contributed by atoms with Gasteiger partial charge in [-0.2, -0.15) is 0 Å². The number of halogens is 1. The number of hydrogen-bond acceptors (Lipinski definition) is 4. The van der Waals surface area contributed by atoms with Gasteiger partial charge in [-0.3, -0.25) is 14.6 Å². The van der Waals surface area contributed by atoms with Gasteiger partial charge in [0.15, 0.2) is 0 Å². The topological polar surface area (TPSA) is 74.9 Å². The number of carbonyl (C=O) groups is 2. The van der Waals surface area contributed by atoms with E-state index in [1.54, 1.807) is 47.6 Å². The molecular formula is C22H25ClN3O3+. The Labute approximate surface area is 175 Å². The van der Waals surface area contributed by atoms with Crippen LogP contribution in [0.4, 0.5) is 0 Å². The Kier molecular flexibility index (Phi) is 6.67. The van der Waals surface area contributed by atoms with Gasteiger partial charge in [-0.1, -0.05) is 17.7 Å². The number of likely N-dealkylation sites (N-methyl/N-ethyl adjacent to an activating group) is 1. The number of hydrogen-bond donors (Lipinski definition) is 2. The molecule has 2 heterocycles. The van der Waals surface area contributed by atoms with Crippen molar-refractivity contribution in [3.05, 3.63) is 70.5 Å². The summed E-state index contributed by atoms with van der Waals surface area (Å²) in [4.78, 5) is 32.8. The molecule has 0 bridgehead atoms. The number of carbonyl (C=O) groups excluding carboxylic acids is 2. The third kappa shape index (κ3) is 4.33. The van der Waals surface area contributed by atoms with E-state index in [4.69, 9.17) is 11.6 Å². The Bertz CT molecular complexity index is 909. The Balaban J connectivity index is 2.06. The van der Waals surface area contributed by atoms with E-state index in [-0.39, 0.29) is 11.3 Å². The summed E-state index contributed by atoms with van der Waals surface area (Å²) in [7, 11) is 0. The van der Waals surface area contributed by atoms with Gasteiger partial charge in [0.05, 0.1) is 37.8 Å². The standard InChI is InChI=1S/C22H24ClN3O3/c1-3-25(4-2)12-13-26-19(16-6-5-11-24-14-16)18(21(28)22(26)29)20(27)15-7-9-17(23)10-8-15/h5-11,14,19,27H,3-4,12-13H2,1-2H3/p+1/t19-/m0/s1. The SMILES string of the molecule is CC[NH+](CC)CCN1C(=O)C(=O)C(=C(O)c2ccc(Cl)cc2)[C@@H]1c1cccnc1. The average molecular weight is 415 g/mol. The van der Waals surface area contributed by atoms with Crippen LogP contribution in [0.3, 0.4) is 0 Å². The number of likely N-dealkylation sites (tertiary alicyclic amines) is 1. The zero-order chi connectivity index (χ0) is 21.0. The molecule has 29 heavy (non-hydrogen) atoms. The number of aliphatic hydroxyl groups is 1. The minimum Gasteiger partial charge on any atom is -0.507 e. The van der Waals surface area contributed by atoms with E-state index in [2.05, 4.69) is 18.8 Å². The summed E-state index contributed by atoms with van der Waals surface area (Å²) in [6.45, 7) is 7.18. The highest BCUT2D eigenvalue weighted by Gasteiger charge is 2.46. The number of Topliss-reactive ketones (excluding diaryl/α,β-unsaturated/α-hetero) is 1. The quantitative estimate of drug-likeness (QED) is 0.413. The van der Waals surface area contributed by atoms with Crippen molar-refractivity contribution in [2.75, 3.05) is 26.2 Å². The zero-order valence-electron chi connectivity index (χ0n) is 16.6. The molecule has 2 N–H and O–H groups in total. The van der Waals surface area contributed by atoms with Crippen molar-refractivity contribution in [1.29, 1.82) is 0 Å². The van der Waals surface area contributed by atoms with Crippen molar-refractivity contribution in [2.45, 2.75) is 19.9 Å². The first-order chi connectivity index (χ1) is 14.0. The molecule has 2 aromatic rings. The first kappa shape index (κ1) is 21.0. The van der Waals surface area contributed by atoms with Crippen molar-refractivity contribution >= 4 is 29.1 Å². The van der Waals surface area contributed by atoms with Crippen LogP contribution in [-0.2, 0) is 9.59 Å². The lowest BCUT2D eigenvalue weighted by Gasteiger charge is -2.26. The number of benzene rings is 1. The molecule has 0 saturated carbocycles. The number of rotatable bonds is 7. The summed E-state index contributed by atoms with van der Waals surface area (Å²) in [5.74, 6) is -1.48. The second-order valence-corrected chi connectivity index (χ2v) is 7.43. The van der Waals surface area contributed by atoms with Gasteiger partial charge < -0.3 is 14.9 Å². The molecule has 1 aliphatic rings. The summed E-state index contributed by atoms with van der Waals surface area (Å²) in [5, 5.41) is 11.5. The first-order valence-electron chi connectivity index (χ1n) is 9.75. The van der Waals surface area contributed by atoms with Gasteiger partial charge in [0.25, 0.3) is 11.7 Å². The third-order valence-corrected chi connectivity index (χ3v) is 5.62. The molecule has 0 aliphatic carbocycles. The van der Waals surface area contributed by atoms with Crippen molar-refractivity contribution < 1.29 is 19.6 Å². The van der Waals surface area contributed by atoms with Crippen LogP contribution in [0, 0.1) is 0 Å². The van der Waals surface area contributed by atoms with E-state index in [9.17, 15) is 14.7 Å². The number of nitrogens with zero attached hydrogens (tertiary/aromatic N) is 2. The number of aromatic nitrogens is 1. The molecule has 3 rings (SSSR count). The lowest BCUT2D eigenvalue weighted by molar-refractivity contribution is -0.895. The van der Waals surface area contributed by atoms with Crippen molar-refractivity contribution in [3.63, 3.8) is 0 Å². The van der Waals surface area contributed by atoms with Gasteiger partial charge in [0, 0.05) is 23.0 Å². The summed E-state index contributed by atoms with van der Waals surface area (Å²) >= 11 is 5.94. The first-order valence-corrected chi connectivity index (χ1v) is 10.1. The molecule has 0 unspecified atom stereocenters. The van der Waals surface area contributed by atoms with Gasteiger partial charge in [0.2, 0.25) is 0 Å². The average Bonchev–Trinajstić information content (AvgIpc) is 3.00. The van der Waals surface area contributed by atoms with Crippen LogP contribution in [-0.4, -0.2) is 52.9 Å². The minimum atomic E-state index is -0.680. The Morgan fingerprint density at radius 3 is 2.45 bits per heavy atom. The third-order valence-electron chi connectivity index (χ3n) is 5.36. The van der Waals surface area contributed by atoms with Crippen LogP contribution in [0.25, 0.3) is 5.76 Å². The normalized spacial score (nSPS) is 18.6. The molecule has 0 radical (unpaired) electrons. The molecule has 0 spiro atoms. The van der Waals surface area contributed by atoms with E-state index in [0.29, 0.717) is 22.7 Å². The molecule has 1 aromatic carbocycles. The smallest absolute Gasteiger partial charge is 0.295 e. The molecule has 1 saturated heterocycles. The predicted octanol–water partition coefficient (Wildman–Crippen LogP) is 2.08. The van der Waals surface area contributed by atoms with E-state index in [1.165, 1.54) is 4.90 Å². The van der Waals surface area contributed by atoms with Crippen LogP contribution in [0.15, 0.2) is 54.4 Å². The summed E-state index contributed by atoms with van der Waals surface area (Å²) < 4.78 is 0. The van der Waals surface area contributed by atoms with E-state index < -0.39 is 17.7 Å². The molecule has 6 nitrogen and oxygen atoms in total. The number of amides is 1. The van der Waals surface area contributed by atoms with Gasteiger partial charge in [-0.05, 0) is 49.7 Å². The lowest BCUT2D eigenvalue weighted by Crippen LogP contribution is -3.12. The highest BCUT2D eigenvalue weighted by atomic mass is 35.5. The summed E-state index contributed by atoms with van der Waals surface area (Å²) in [6.07, 6.45) is 3.26. The number of nitrogens with one attached hydrogen (secondary N) is 1. The maximum absolute atomic E-state index is 12.9. The summed E-state index contributed by atoms with van der Waals surface area (Å²) in [6, 6.07) is 9.43. The maximum Gasteiger partial charge on any atom is 0.295 e. The highest BCUT2D eigenvalue weighted by molar-refractivity contribution is 6.46. The molecule has 1 amide bonds. The zero-order valence-corrected chi connectivity index (χ0v) is 17.3.